The minimum Gasteiger partial charge on any atom is -0.337 e. The number of amides is 1. The zero-order chi connectivity index (χ0) is 16.3. The lowest BCUT2D eigenvalue weighted by atomic mass is 10.1. The number of thiophene rings is 1. The van der Waals surface area contributed by atoms with Gasteiger partial charge in [0, 0.05) is 43.2 Å². The second-order valence-electron chi connectivity index (χ2n) is 6.09. The van der Waals surface area contributed by atoms with E-state index in [4.69, 9.17) is 0 Å². The van der Waals surface area contributed by atoms with Crippen LogP contribution in [-0.2, 0) is 14.6 Å². The average Bonchev–Trinajstić information content (AvgIpc) is 3.06. The highest BCUT2D eigenvalue weighted by Gasteiger charge is 2.30. The molecule has 3 rings (SSSR count). The Morgan fingerprint density at radius 2 is 1.87 bits per heavy atom. The fourth-order valence-electron chi connectivity index (χ4n) is 3.20. The van der Waals surface area contributed by atoms with E-state index in [1.807, 2.05) is 28.5 Å². The molecule has 0 unspecified atom stereocenters. The number of nitrogens with zero attached hydrogens (tertiary/aromatic N) is 2. The number of carbonyl (C=O) groups is 1. The van der Waals surface area contributed by atoms with Gasteiger partial charge in [-0.05, 0) is 30.4 Å². The smallest absolute Gasteiger partial charge is 0.246 e. The normalized spacial score (nSPS) is 23.4. The Morgan fingerprint density at radius 3 is 2.48 bits per heavy atom. The van der Waals surface area contributed by atoms with E-state index in [2.05, 4.69) is 4.90 Å². The van der Waals surface area contributed by atoms with Crippen molar-refractivity contribution >= 4 is 33.2 Å². The lowest BCUT2D eigenvalue weighted by Gasteiger charge is -2.40. The summed E-state index contributed by atoms with van der Waals surface area (Å²) >= 11 is 1.62. The molecule has 3 heterocycles. The van der Waals surface area contributed by atoms with E-state index in [9.17, 15) is 13.2 Å². The highest BCUT2D eigenvalue weighted by molar-refractivity contribution is 7.91. The van der Waals surface area contributed by atoms with Gasteiger partial charge in [-0.2, -0.15) is 0 Å². The summed E-state index contributed by atoms with van der Waals surface area (Å²) in [5.74, 6) is 0.671. The molecule has 1 aromatic rings. The van der Waals surface area contributed by atoms with Crippen LogP contribution in [0.15, 0.2) is 23.6 Å². The van der Waals surface area contributed by atoms with Crippen molar-refractivity contribution < 1.29 is 13.2 Å². The Labute approximate surface area is 141 Å². The van der Waals surface area contributed by atoms with Crippen molar-refractivity contribution in [1.29, 1.82) is 0 Å². The van der Waals surface area contributed by atoms with Gasteiger partial charge in [-0.3, -0.25) is 9.69 Å². The standard InChI is InChI=1S/C16H22N2O3S2/c19-16(4-3-15-2-1-11-22-15)18-9-7-17(8-10-18)14-5-12-23(20,21)13-6-14/h1-4,11,14H,5-10,12-13H2/b4-3-. The molecule has 0 aliphatic carbocycles. The lowest BCUT2D eigenvalue weighted by Crippen LogP contribution is -2.53. The molecule has 0 spiro atoms. The first-order valence-electron chi connectivity index (χ1n) is 7.98. The molecule has 1 aromatic heterocycles. The van der Waals surface area contributed by atoms with E-state index in [1.54, 1.807) is 17.4 Å². The van der Waals surface area contributed by atoms with Gasteiger partial charge in [0.15, 0.2) is 0 Å². The molecule has 0 atom stereocenters. The minimum atomic E-state index is -2.81. The zero-order valence-electron chi connectivity index (χ0n) is 13.1. The van der Waals surface area contributed by atoms with Gasteiger partial charge in [-0.25, -0.2) is 8.42 Å². The van der Waals surface area contributed by atoms with Gasteiger partial charge in [0.2, 0.25) is 5.91 Å². The second kappa shape index (κ2) is 7.15. The molecular weight excluding hydrogens is 332 g/mol. The summed E-state index contributed by atoms with van der Waals surface area (Å²) in [4.78, 5) is 17.5. The third kappa shape index (κ3) is 4.43. The zero-order valence-corrected chi connectivity index (χ0v) is 14.7. The summed E-state index contributed by atoms with van der Waals surface area (Å²) in [6, 6.07) is 4.32. The minimum absolute atomic E-state index is 0.0595. The third-order valence-corrected chi connectivity index (χ3v) is 7.15. The van der Waals surface area contributed by atoms with Gasteiger partial charge in [0.05, 0.1) is 11.5 Å². The molecule has 2 saturated heterocycles. The van der Waals surface area contributed by atoms with Crippen LogP contribution < -0.4 is 0 Å². The van der Waals surface area contributed by atoms with Crippen molar-refractivity contribution in [3.63, 3.8) is 0 Å². The van der Waals surface area contributed by atoms with Gasteiger partial charge in [-0.1, -0.05) is 6.07 Å². The molecule has 1 amide bonds. The van der Waals surface area contributed by atoms with Crippen molar-refractivity contribution in [2.75, 3.05) is 37.7 Å². The molecule has 0 bridgehead atoms. The van der Waals surface area contributed by atoms with Crippen LogP contribution in [0.3, 0.4) is 0 Å². The molecule has 7 heteroatoms. The van der Waals surface area contributed by atoms with Crippen LogP contribution in [0.1, 0.15) is 17.7 Å². The molecule has 0 saturated carbocycles. The lowest BCUT2D eigenvalue weighted by molar-refractivity contribution is -0.128. The van der Waals surface area contributed by atoms with Crippen LogP contribution in [0.4, 0.5) is 0 Å². The van der Waals surface area contributed by atoms with Gasteiger partial charge in [0.25, 0.3) is 0 Å². The molecule has 0 aromatic carbocycles. The van der Waals surface area contributed by atoms with E-state index >= 15 is 0 Å². The number of sulfone groups is 1. The van der Waals surface area contributed by atoms with E-state index in [0.717, 1.165) is 43.9 Å². The summed E-state index contributed by atoms with van der Waals surface area (Å²) in [6.07, 6.45) is 4.98. The summed E-state index contributed by atoms with van der Waals surface area (Å²) < 4.78 is 23.0. The predicted octanol–water partition coefficient (Wildman–Crippen LogP) is 1.48. The summed E-state index contributed by atoms with van der Waals surface area (Å²) in [7, 11) is -2.81. The number of hydrogen-bond donors (Lipinski definition) is 0. The van der Waals surface area contributed by atoms with Gasteiger partial charge in [-0.15, -0.1) is 11.3 Å². The molecule has 0 N–H and O–H groups in total. The second-order valence-corrected chi connectivity index (χ2v) is 9.38. The Bertz CT molecular complexity index is 646. The number of hydrogen-bond acceptors (Lipinski definition) is 5. The molecule has 5 nitrogen and oxygen atoms in total. The number of carbonyl (C=O) groups excluding carboxylic acids is 1. The van der Waals surface area contributed by atoms with Crippen LogP contribution in [0, 0.1) is 0 Å². The maximum absolute atomic E-state index is 12.2. The SMILES string of the molecule is O=C(/C=C\c1cccs1)N1CCN(C2CCS(=O)(=O)CC2)CC1. The molecular formula is C16H22N2O3S2. The van der Waals surface area contributed by atoms with E-state index in [0.29, 0.717) is 17.5 Å². The quantitative estimate of drug-likeness (QED) is 0.772. The number of rotatable bonds is 3. The molecule has 2 fully saturated rings. The molecule has 23 heavy (non-hydrogen) atoms. The number of piperazine rings is 1. The maximum Gasteiger partial charge on any atom is 0.246 e. The van der Waals surface area contributed by atoms with Crippen LogP contribution >= 0.6 is 11.3 Å². The average molecular weight is 354 g/mol. The Kier molecular flexibility index (Phi) is 5.18. The van der Waals surface area contributed by atoms with Crippen molar-refractivity contribution in [2.24, 2.45) is 0 Å². The fourth-order valence-corrected chi connectivity index (χ4v) is 5.28. The van der Waals surface area contributed by atoms with Gasteiger partial charge < -0.3 is 4.90 Å². The van der Waals surface area contributed by atoms with Crippen molar-refractivity contribution in [1.82, 2.24) is 9.80 Å². The van der Waals surface area contributed by atoms with Crippen LogP contribution in [0.2, 0.25) is 0 Å². The monoisotopic (exact) mass is 354 g/mol. The van der Waals surface area contributed by atoms with Crippen LogP contribution in [0.5, 0.6) is 0 Å². The van der Waals surface area contributed by atoms with Crippen molar-refractivity contribution in [2.45, 2.75) is 18.9 Å². The maximum atomic E-state index is 12.2. The highest BCUT2D eigenvalue weighted by Crippen LogP contribution is 2.20. The third-order valence-electron chi connectivity index (χ3n) is 4.60. The van der Waals surface area contributed by atoms with E-state index in [1.165, 1.54) is 0 Å². The van der Waals surface area contributed by atoms with Gasteiger partial charge in [0.1, 0.15) is 9.84 Å². The topological polar surface area (TPSA) is 57.7 Å². The highest BCUT2D eigenvalue weighted by atomic mass is 32.2. The van der Waals surface area contributed by atoms with Gasteiger partial charge >= 0.3 is 0 Å². The Balaban J connectivity index is 1.47. The molecule has 2 aliphatic rings. The summed E-state index contributed by atoms with van der Waals surface area (Å²) in [5, 5.41) is 1.99. The predicted molar refractivity (Wildman–Crippen MR) is 93.2 cm³/mol. The van der Waals surface area contributed by atoms with E-state index in [-0.39, 0.29) is 5.91 Å². The fraction of sp³-hybridized carbons (Fsp3) is 0.562. The summed E-state index contributed by atoms with van der Waals surface area (Å²) in [5.41, 5.74) is 0. The van der Waals surface area contributed by atoms with Crippen LogP contribution in [0.25, 0.3) is 6.08 Å². The Morgan fingerprint density at radius 1 is 1.17 bits per heavy atom. The molecule has 0 radical (unpaired) electrons. The van der Waals surface area contributed by atoms with Crippen molar-refractivity contribution in [3.8, 4) is 0 Å². The van der Waals surface area contributed by atoms with E-state index < -0.39 is 9.84 Å². The Hall–Kier alpha value is -1.18. The first kappa shape index (κ1) is 16.7. The first-order chi connectivity index (χ1) is 11.0. The first-order valence-corrected chi connectivity index (χ1v) is 10.7. The molecule has 2 aliphatic heterocycles. The molecule has 126 valence electrons. The van der Waals surface area contributed by atoms with Crippen molar-refractivity contribution in [3.05, 3.63) is 28.5 Å². The largest absolute Gasteiger partial charge is 0.337 e. The van der Waals surface area contributed by atoms with Crippen LogP contribution in [-0.4, -0.2) is 67.9 Å². The summed E-state index contributed by atoms with van der Waals surface area (Å²) in [6.45, 7) is 3.11.